The van der Waals surface area contributed by atoms with Crippen LogP contribution in [0.4, 0.5) is 30.6 Å². The molecule has 34 heavy (non-hydrogen) atoms. The summed E-state index contributed by atoms with van der Waals surface area (Å²) < 4.78 is 48.9. The number of pyridine rings is 1. The molecule has 5 rings (SSSR count). The summed E-state index contributed by atoms with van der Waals surface area (Å²) in [6.07, 6.45) is -1.14. The number of halogens is 3. The predicted octanol–water partition coefficient (Wildman–Crippen LogP) is 3.02. The Bertz CT molecular complexity index is 1080. The molecule has 1 aliphatic carbocycles. The first-order valence-electron chi connectivity index (χ1n) is 11.1. The number of amides is 1. The molecule has 182 valence electrons. The van der Waals surface area contributed by atoms with E-state index in [9.17, 15) is 18.0 Å². The topological polar surface area (TPSA) is 102 Å². The molecule has 0 radical (unpaired) electrons. The van der Waals surface area contributed by atoms with E-state index in [1.54, 1.807) is 0 Å². The van der Waals surface area contributed by atoms with Crippen molar-refractivity contribution in [1.29, 1.82) is 0 Å². The van der Waals surface area contributed by atoms with Crippen LogP contribution in [0.2, 0.25) is 0 Å². The summed E-state index contributed by atoms with van der Waals surface area (Å²) in [5.41, 5.74) is -0.405. The number of aryl methyl sites for hydroxylation is 1. The van der Waals surface area contributed by atoms with Gasteiger partial charge in [-0.2, -0.15) is 18.2 Å². The lowest BCUT2D eigenvalue weighted by molar-refractivity contribution is -0.141. The fourth-order valence-corrected chi connectivity index (χ4v) is 4.61. The van der Waals surface area contributed by atoms with E-state index >= 15 is 0 Å². The molecule has 1 saturated heterocycles. The minimum absolute atomic E-state index is 0.0995. The molecule has 0 aromatic carbocycles. The largest absolute Gasteiger partial charge is 0.492 e. The molecule has 1 amide bonds. The normalized spacial score (nSPS) is 26.1. The third-order valence-electron chi connectivity index (χ3n) is 6.77. The minimum atomic E-state index is -4.46. The van der Waals surface area contributed by atoms with Gasteiger partial charge >= 0.3 is 6.18 Å². The highest BCUT2D eigenvalue weighted by atomic mass is 19.4. The summed E-state index contributed by atoms with van der Waals surface area (Å²) in [7, 11) is 1.86. The zero-order chi connectivity index (χ0) is 24.1. The molecule has 2 aromatic heterocycles. The quantitative estimate of drug-likeness (QED) is 0.677. The number of fused-ring (bicyclic) bond motifs is 1. The van der Waals surface area contributed by atoms with E-state index in [0.717, 1.165) is 25.1 Å². The summed E-state index contributed by atoms with van der Waals surface area (Å²) >= 11 is 0. The molecule has 2 fully saturated rings. The maximum atomic E-state index is 12.8. The van der Waals surface area contributed by atoms with E-state index in [1.807, 2.05) is 18.9 Å². The molecule has 12 heteroatoms. The molecule has 9 nitrogen and oxygen atoms in total. The van der Waals surface area contributed by atoms with Gasteiger partial charge in [0.05, 0.1) is 25.1 Å². The van der Waals surface area contributed by atoms with Crippen molar-refractivity contribution in [2.75, 3.05) is 42.4 Å². The number of ether oxygens (including phenoxy) is 2. The van der Waals surface area contributed by atoms with Crippen molar-refractivity contribution in [2.24, 2.45) is 5.92 Å². The van der Waals surface area contributed by atoms with Crippen LogP contribution in [0.3, 0.4) is 0 Å². The molecule has 4 heterocycles. The highest BCUT2D eigenvalue weighted by Crippen LogP contribution is 2.40. The van der Waals surface area contributed by atoms with Gasteiger partial charge in [-0.05, 0) is 37.8 Å². The third-order valence-corrected chi connectivity index (χ3v) is 6.77. The number of anilines is 3. The Hall–Kier alpha value is -3.15. The Morgan fingerprint density at radius 1 is 1.32 bits per heavy atom. The zero-order valence-electron chi connectivity index (χ0n) is 18.8. The lowest BCUT2D eigenvalue weighted by Gasteiger charge is -2.42. The molecule has 0 unspecified atom stereocenters. The van der Waals surface area contributed by atoms with Crippen LogP contribution in [0, 0.1) is 12.8 Å². The van der Waals surface area contributed by atoms with Crippen LogP contribution in [0.25, 0.3) is 0 Å². The summed E-state index contributed by atoms with van der Waals surface area (Å²) in [4.78, 5) is 27.2. The fourth-order valence-electron chi connectivity index (χ4n) is 4.61. The molecule has 3 aliphatic rings. The van der Waals surface area contributed by atoms with Crippen LogP contribution in [0.15, 0.2) is 18.3 Å². The van der Waals surface area contributed by atoms with Gasteiger partial charge in [0.2, 0.25) is 5.95 Å². The van der Waals surface area contributed by atoms with E-state index in [2.05, 4.69) is 25.6 Å². The lowest BCUT2D eigenvalue weighted by atomic mass is 9.81. The van der Waals surface area contributed by atoms with Crippen molar-refractivity contribution >= 4 is 23.4 Å². The van der Waals surface area contributed by atoms with Crippen molar-refractivity contribution < 1.29 is 27.4 Å². The van der Waals surface area contributed by atoms with Gasteiger partial charge in [-0.1, -0.05) is 0 Å². The Balaban J connectivity index is 1.17. The number of carbonyl (C=O) groups excluding carboxylic acids is 1. The van der Waals surface area contributed by atoms with Crippen LogP contribution < -0.4 is 20.3 Å². The molecule has 2 aliphatic heterocycles. The number of carbonyl (C=O) groups is 1. The number of alkyl halides is 3. The van der Waals surface area contributed by atoms with Crippen molar-refractivity contribution in [3.05, 3.63) is 29.7 Å². The maximum Gasteiger partial charge on any atom is 0.433 e. The highest BCUT2D eigenvalue weighted by Gasteiger charge is 2.50. The molecule has 1 spiro atoms. The van der Waals surface area contributed by atoms with E-state index in [-0.39, 0.29) is 17.9 Å². The van der Waals surface area contributed by atoms with Crippen LogP contribution in [0.5, 0.6) is 5.75 Å². The number of aromatic nitrogens is 3. The van der Waals surface area contributed by atoms with Crippen molar-refractivity contribution in [2.45, 2.75) is 43.9 Å². The maximum absolute atomic E-state index is 12.8. The third kappa shape index (κ3) is 3.99. The number of nitrogens with one attached hydrogen (secondary N) is 2. The SMILES string of the molecule is Cc1nc(N[C@H]2C[C@@H](COc3ccc(C(F)(F)F)nc3)C2)nc2c1NC(=O)[C@@]1(CCOC1)N2C. The van der Waals surface area contributed by atoms with Crippen LogP contribution in [-0.4, -0.2) is 59.3 Å². The Kier molecular flexibility index (Phi) is 5.50. The second-order valence-corrected chi connectivity index (χ2v) is 9.05. The van der Waals surface area contributed by atoms with E-state index in [0.29, 0.717) is 55.1 Å². The number of nitrogens with zero attached hydrogens (tertiary/aromatic N) is 4. The number of likely N-dealkylation sites (N-methyl/N-ethyl adjacent to an activating group) is 1. The van der Waals surface area contributed by atoms with Gasteiger partial charge < -0.3 is 25.0 Å². The van der Waals surface area contributed by atoms with Gasteiger partial charge in [-0.25, -0.2) is 9.97 Å². The first kappa shape index (κ1) is 22.6. The Morgan fingerprint density at radius 2 is 2.12 bits per heavy atom. The van der Waals surface area contributed by atoms with Gasteiger partial charge in [0.1, 0.15) is 22.7 Å². The minimum Gasteiger partial charge on any atom is -0.492 e. The van der Waals surface area contributed by atoms with Gasteiger partial charge in [-0.3, -0.25) is 4.79 Å². The fraction of sp³-hybridized carbons (Fsp3) is 0.545. The zero-order valence-corrected chi connectivity index (χ0v) is 18.8. The molecule has 1 saturated carbocycles. The van der Waals surface area contributed by atoms with Crippen molar-refractivity contribution in [3.8, 4) is 5.75 Å². The monoisotopic (exact) mass is 478 g/mol. The second kappa shape index (κ2) is 8.26. The first-order chi connectivity index (χ1) is 16.2. The average molecular weight is 478 g/mol. The Morgan fingerprint density at radius 3 is 2.76 bits per heavy atom. The molecular weight excluding hydrogens is 453 g/mol. The molecule has 2 aromatic rings. The van der Waals surface area contributed by atoms with E-state index < -0.39 is 17.4 Å². The second-order valence-electron chi connectivity index (χ2n) is 9.05. The standard InChI is InChI=1S/C22H25F3N6O3/c1-12-17-18(31(2)21(19(32)29-17)5-6-33-11-21)30-20(27-12)28-14-7-13(8-14)10-34-15-3-4-16(26-9-15)22(23,24)25/h3-4,9,13-14H,5-8,10-11H2,1-2H3,(H,29,32)(H,27,28,30)/t13-,14+,21-/m0/s1. The first-order valence-corrected chi connectivity index (χ1v) is 11.1. The smallest absolute Gasteiger partial charge is 0.433 e. The van der Waals surface area contributed by atoms with Crippen molar-refractivity contribution in [3.63, 3.8) is 0 Å². The summed E-state index contributed by atoms with van der Waals surface area (Å²) in [5, 5.41) is 6.30. The number of hydrogen-bond donors (Lipinski definition) is 2. The molecular formula is C22H25F3N6O3. The number of rotatable bonds is 5. The molecule has 1 atom stereocenters. The van der Waals surface area contributed by atoms with Gasteiger partial charge in [0.25, 0.3) is 5.91 Å². The number of hydrogen-bond acceptors (Lipinski definition) is 8. The summed E-state index contributed by atoms with van der Waals surface area (Å²) in [5.74, 6) is 1.63. The summed E-state index contributed by atoms with van der Waals surface area (Å²) in [6.45, 7) is 3.07. The predicted molar refractivity (Wildman–Crippen MR) is 117 cm³/mol. The van der Waals surface area contributed by atoms with Crippen LogP contribution >= 0.6 is 0 Å². The van der Waals surface area contributed by atoms with Crippen LogP contribution in [0.1, 0.15) is 30.7 Å². The van der Waals surface area contributed by atoms with E-state index in [4.69, 9.17) is 9.47 Å². The average Bonchev–Trinajstić information content (AvgIpc) is 3.26. The highest BCUT2D eigenvalue weighted by molar-refractivity contribution is 6.06. The Labute approximate surface area is 194 Å². The molecule has 2 N–H and O–H groups in total. The van der Waals surface area contributed by atoms with Gasteiger partial charge in [-0.15, -0.1) is 0 Å². The van der Waals surface area contributed by atoms with Crippen LogP contribution in [-0.2, 0) is 15.7 Å². The molecule has 0 bridgehead atoms. The van der Waals surface area contributed by atoms with Gasteiger partial charge in [0, 0.05) is 26.1 Å². The van der Waals surface area contributed by atoms with E-state index in [1.165, 1.54) is 6.07 Å². The van der Waals surface area contributed by atoms with Crippen molar-refractivity contribution in [1.82, 2.24) is 15.0 Å². The van der Waals surface area contributed by atoms with Gasteiger partial charge in [0.15, 0.2) is 5.82 Å². The lowest BCUT2D eigenvalue weighted by Crippen LogP contribution is -2.59. The summed E-state index contributed by atoms with van der Waals surface area (Å²) in [6, 6.07) is 2.35.